The van der Waals surface area contributed by atoms with Crippen molar-refractivity contribution in [3.63, 3.8) is 0 Å². The van der Waals surface area contributed by atoms with E-state index >= 15 is 8.78 Å². The molecule has 4 aliphatic heterocycles. The molecule has 2 saturated carbocycles. The molecule has 1 aromatic carbocycles. The summed E-state index contributed by atoms with van der Waals surface area (Å²) >= 11 is 0. The van der Waals surface area contributed by atoms with Crippen LogP contribution in [0, 0.1) is 17.3 Å². The molecule has 7 rings (SSSR count). The number of ether oxygens (including phenoxy) is 1. The van der Waals surface area contributed by atoms with Gasteiger partial charge in [-0.05, 0) is 80.5 Å². The van der Waals surface area contributed by atoms with Crippen molar-refractivity contribution in [3.05, 3.63) is 29.3 Å². The normalized spacial score (nSPS) is 30.6. The van der Waals surface area contributed by atoms with Crippen molar-refractivity contribution in [1.82, 2.24) is 20.0 Å². The minimum absolute atomic E-state index is 0.155. The summed E-state index contributed by atoms with van der Waals surface area (Å²) in [7, 11) is 0. The van der Waals surface area contributed by atoms with E-state index in [4.69, 9.17) is 4.74 Å². The summed E-state index contributed by atoms with van der Waals surface area (Å²) in [4.78, 5) is 55.6. The predicted octanol–water partition coefficient (Wildman–Crippen LogP) is 4.13. The van der Waals surface area contributed by atoms with Gasteiger partial charge in [-0.1, -0.05) is 19.8 Å². The van der Waals surface area contributed by atoms with Gasteiger partial charge in [-0.15, -0.1) is 0 Å². The van der Waals surface area contributed by atoms with Crippen LogP contribution in [0.2, 0.25) is 0 Å². The van der Waals surface area contributed by atoms with Gasteiger partial charge < -0.3 is 14.5 Å². The molecule has 0 spiro atoms. The molecule has 5 fully saturated rings. The van der Waals surface area contributed by atoms with Crippen molar-refractivity contribution in [2.24, 2.45) is 17.3 Å². The highest BCUT2D eigenvalue weighted by molar-refractivity contribution is 6.05. The molecule has 9 nitrogen and oxygen atoms in total. The summed E-state index contributed by atoms with van der Waals surface area (Å²) in [6.45, 7) is 5.09. The molecule has 4 amide bonds. The van der Waals surface area contributed by atoms with Crippen LogP contribution in [0.3, 0.4) is 0 Å². The lowest BCUT2D eigenvalue weighted by Gasteiger charge is -2.53. The van der Waals surface area contributed by atoms with Crippen LogP contribution in [0.1, 0.15) is 93.5 Å². The summed E-state index contributed by atoms with van der Waals surface area (Å²) in [5.41, 5.74) is 0.952. The van der Waals surface area contributed by atoms with Gasteiger partial charge >= 0.3 is 0 Å². The number of fused-ring (bicyclic) bond motifs is 1. The van der Waals surface area contributed by atoms with Gasteiger partial charge in [0.1, 0.15) is 23.9 Å². The summed E-state index contributed by atoms with van der Waals surface area (Å²) in [6.07, 6.45) is 6.61. The number of amides is 4. The number of imide groups is 1. The number of carbonyl (C=O) groups is 4. The predicted molar refractivity (Wildman–Crippen MR) is 160 cm³/mol. The Morgan fingerprint density at radius 2 is 1.69 bits per heavy atom. The third-order valence-corrected chi connectivity index (χ3v) is 11.6. The van der Waals surface area contributed by atoms with Crippen LogP contribution in [-0.2, 0) is 20.9 Å². The maximum Gasteiger partial charge on any atom is 0.266 e. The molecule has 3 unspecified atom stereocenters. The monoisotopic (exact) mass is 626 g/mol. The third-order valence-electron chi connectivity index (χ3n) is 11.6. The average molecular weight is 627 g/mol. The Balaban J connectivity index is 0.969. The van der Waals surface area contributed by atoms with Crippen LogP contribution < -0.4 is 10.1 Å². The minimum atomic E-state index is -2.87. The summed E-state index contributed by atoms with van der Waals surface area (Å²) in [5, 5.41) is 2.31. The minimum Gasteiger partial charge on any atom is -0.489 e. The van der Waals surface area contributed by atoms with Crippen LogP contribution in [-0.4, -0.2) is 88.6 Å². The molecule has 4 heterocycles. The smallest absolute Gasteiger partial charge is 0.266 e. The largest absolute Gasteiger partial charge is 0.489 e. The Hall–Kier alpha value is -3.08. The lowest BCUT2D eigenvalue weighted by Crippen LogP contribution is -2.66. The number of likely N-dealkylation sites (tertiary alicyclic amines) is 2. The first-order valence-electron chi connectivity index (χ1n) is 16.9. The van der Waals surface area contributed by atoms with E-state index in [0.29, 0.717) is 60.6 Å². The van der Waals surface area contributed by atoms with E-state index < -0.39 is 30.0 Å². The average Bonchev–Trinajstić information content (AvgIpc) is 3.57. The summed E-state index contributed by atoms with van der Waals surface area (Å²) in [5.74, 6) is -2.40. The first kappa shape index (κ1) is 30.6. The van der Waals surface area contributed by atoms with Crippen molar-refractivity contribution in [2.75, 3.05) is 26.2 Å². The molecule has 3 saturated heterocycles. The Bertz CT molecular complexity index is 1370. The number of benzene rings is 1. The molecule has 45 heavy (non-hydrogen) atoms. The van der Waals surface area contributed by atoms with Crippen molar-refractivity contribution >= 4 is 23.6 Å². The molecule has 1 N–H and O–H groups in total. The molecular weight excluding hydrogens is 582 g/mol. The number of halogens is 2. The number of nitrogens with zero attached hydrogens (tertiary/aromatic N) is 3. The molecule has 3 atom stereocenters. The molecular formula is C34H44F2N4O5. The van der Waals surface area contributed by atoms with E-state index in [-0.39, 0.29) is 43.0 Å². The van der Waals surface area contributed by atoms with Crippen molar-refractivity contribution in [1.29, 1.82) is 0 Å². The molecule has 1 aromatic rings. The number of hydrogen-bond donors (Lipinski definition) is 1. The second-order valence-electron chi connectivity index (χ2n) is 14.6. The lowest BCUT2D eigenvalue weighted by atomic mass is 9.76. The molecule has 244 valence electrons. The Labute approximate surface area is 263 Å². The number of hydrogen-bond acceptors (Lipinski definition) is 6. The Kier molecular flexibility index (Phi) is 7.89. The van der Waals surface area contributed by atoms with Crippen LogP contribution in [0.25, 0.3) is 0 Å². The van der Waals surface area contributed by atoms with Gasteiger partial charge in [0.05, 0.1) is 0 Å². The van der Waals surface area contributed by atoms with Gasteiger partial charge in [0.25, 0.3) is 11.8 Å². The van der Waals surface area contributed by atoms with Gasteiger partial charge in [0.2, 0.25) is 17.7 Å². The van der Waals surface area contributed by atoms with Crippen LogP contribution in [0.5, 0.6) is 5.75 Å². The van der Waals surface area contributed by atoms with Crippen LogP contribution in [0.15, 0.2) is 18.2 Å². The van der Waals surface area contributed by atoms with Gasteiger partial charge in [-0.3, -0.25) is 29.4 Å². The standard InChI is InChI=1S/C34H44F2N4O5/c1-33(12-2-3-13-33)32(44)38-15-10-21(11-16-38)23-18-39(19-23)29-27(5-4-14-34(29,35)36)45-24-6-7-25-22(17-24)20-40(31(25)43)26-8-9-28(41)37-30(26)42/h6-7,17,21,23,26-27,29H,2-5,8-16,18-20H2,1H3,(H,37,41,42). The molecule has 11 heteroatoms. The number of rotatable bonds is 6. The van der Waals surface area contributed by atoms with Gasteiger partial charge in [-0.25, -0.2) is 8.78 Å². The van der Waals surface area contributed by atoms with Gasteiger partial charge in [0, 0.05) is 56.5 Å². The zero-order chi connectivity index (χ0) is 31.5. The van der Waals surface area contributed by atoms with E-state index in [1.54, 1.807) is 18.2 Å². The number of carbonyl (C=O) groups excluding carboxylic acids is 4. The number of piperidine rings is 2. The van der Waals surface area contributed by atoms with Crippen molar-refractivity contribution < 1.29 is 32.7 Å². The van der Waals surface area contributed by atoms with E-state index in [2.05, 4.69) is 12.2 Å². The van der Waals surface area contributed by atoms with Crippen LogP contribution in [0.4, 0.5) is 8.78 Å². The highest BCUT2D eigenvalue weighted by atomic mass is 19.3. The fourth-order valence-corrected chi connectivity index (χ4v) is 8.94. The van der Waals surface area contributed by atoms with Crippen LogP contribution >= 0.6 is 0 Å². The fourth-order valence-electron chi connectivity index (χ4n) is 8.94. The van der Waals surface area contributed by atoms with Gasteiger partial charge in [0.15, 0.2) is 0 Å². The fraction of sp³-hybridized carbons (Fsp3) is 0.706. The van der Waals surface area contributed by atoms with E-state index in [9.17, 15) is 19.2 Å². The van der Waals surface area contributed by atoms with Gasteiger partial charge in [-0.2, -0.15) is 0 Å². The maximum atomic E-state index is 15.5. The molecule has 0 radical (unpaired) electrons. The molecule has 0 aromatic heterocycles. The second kappa shape index (κ2) is 11.6. The van der Waals surface area contributed by atoms with Crippen molar-refractivity contribution in [2.45, 2.75) is 108 Å². The first-order chi connectivity index (χ1) is 21.5. The highest BCUT2D eigenvalue weighted by Crippen LogP contribution is 2.45. The van der Waals surface area contributed by atoms with Crippen molar-refractivity contribution in [3.8, 4) is 5.75 Å². The lowest BCUT2D eigenvalue weighted by molar-refractivity contribution is -0.173. The second-order valence-corrected chi connectivity index (χ2v) is 14.6. The zero-order valence-corrected chi connectivity index (χ0v) is 26.1. The number of alkyl halides is 2. The number of nitrogens with one attached hydrogen (secondary N) is 1. The molecule has 2 aliphatic carbocycles. The zero-order valence-electron chi connectivity index (χ0n) is 26.1. The SMILES string of the molecule is CC1(C(=O)N2CCC(C3CN(C4C(Oc5ccc6c(c5)CN(C5CCC(=O)NC5=O)C6=O)CCCC4(F)F)C3)CC2)CCCC1. The highest BCUT2D eigenvalue weighted by Gasteiger charge is 2.55. The first-order valence-corrected chi connectivity index (χ1v) is 16.9. The quantitative estimate of drug-likeness (QED) is 0.477. The van der Waals surface area contributed by atoms with E-state index in [0.717, 1.165) is 51.6 Å². The molecule has 0 bridgehead atoms. The Morgan fingerprint density at radius 1 is 0.956 bits per heavy atom. The summed E-state index contributed by atoms with van der Waals surface area (Å²) in [6, 6.07) is 3.33. The topological polar surface area (TPSA) is 99.3 Å². The molecule has 6 aliphatic rings. The maximum absolute atomic E-state index is 15.5. The van der Waals surface area contributed by atoms with E-state index in [1.165, 1.54) is 4.90 Å². The van der Waals surface area contributed by atoms with E-state index in [1.807, 2.05) is 9.80 Å². The third kappa shape index (κ3) is 5.63. The Morgan fingerprint density at radius 3 is 2.40 bits per heavy atom. The summed E-state index contributed by atoms with van der Waals surface area (Å²) < 4.78 is 37.3.